The molecule has 0 atom stereocenters. The molecular formula is C9H16N6O2. The highest BCUT2D eigenvalue weighted by molar-refractivity contribution is 5.87. The lowest BCUT2D eigenvalue weighted by molar-refractivity contribution is -0.121. The summed E-state index contributed by atoms with van der Waals surface area (Å²) in [4.78, 5) is 23.9. The van der Waals surface area contributed by atoms with Crippen LogP contribution in [0.15, 0.2) is 6.20 Å². The second-order valence-electron chi connectivity index (χ2n) is 3.58. The maximum atomic E-state index is 11.3. The van der Waals surface area contributed by atoms with Crippen LogP contribution in [0.2, 0.25) is 0 Å². The Labute approximate surface area is 99.0 Å². The summed E-state index contributed by atoms with van der Waals surface area (Å²) in [5.41, 5.74) is 0. The monoisotopic (exact) mass is 240 g/mol. The van der Waals surface area contributed by atoms with Crippen LogP contribution in [0.4, 0.5) is 10.6 Å². The fourth-order valence-electron chi connectivity index (χ4n) is 1.05. The highest BCUT2D eigenvalue weighted by Crippen LogP contribution is 2.00. The Hall–Kier alpha value is -2.12. The molecule has 1 rings (SSSR count). The quantitative estimate of drug-likeness (QED) is 0.742. The smallest absolute Gasteiger partial charge is 0.322 e. The Morgan fingerprint density at radius 1 is 1.47 bits per heavy atom. The molecular weight excluding hydrogens is 224 g/mol. The molecule has 1 aromatic heterocycles. The SMILES string of the molecule is CCNC(=O)Cn1cc(NC(=O)N(C)C)nn1. The lowest BCUT2D eigenvalue weighted by Crippen LogP contribution is -2.27. The number of likely N-dealkylation sites (N-methyl/N-ethyl adjacent to an activating group) is 1. The number of rotatable bonds is 4. The van der Waals surface area contributed by atoms with Crippen molar-refractivity contribution in [1.29, 1.82) is 0 Å². The first kappa shape index (κ1) is 12.9. The van der Waals surface area contributed by atoms with E-state index in [0.29, 0.717) is 12.4 Å². The Bertz CT molecular complexity index is 400. The van der Waals surface area contributed by atoms with Gasteiger partial charge in [0.2, 0.25) is 5.91 Å². The average molecular weight is 240 g/mol. The Morgan fingerprint density at radius 2 is 2.18 bits per heavy atom. The summed E-state index contributed by atoms with van der Waals surface area (Å²) in [6.07, 6.45) is 1.50. The van der Waals surface area contributed by atoms with Crippen molar-refractivity contribution < 1.29 is 9.59 Å². The van der Waals surface area contributed by atoms with Crippen molar-refractivity contribution in [2.45, 2.75) is 13.5 Å². The van der Waals surface area contributed by atoms with E-state index in [4.69, 9.17) is 0 Å². The molecule has 0 fully saturated rings. The van der Waals surface area contributed by atoms with Crippen LogP contribution in [-0.2, 0) is 11.3 Å². The van der Waals surface area contributed by atoms with Crippen molar-refractivity contribution in [3.8, 4) is 0 Å². The molecule has 0 aliphatic rings. The molecule has 0 aliphatic heterocycles. The van der Waals surface area contributed by atoms with Gasteiger partial charge in [-0.25, -0.2) is 9.48 Å². The van der Waals surface area contributed by atoms with Gasteiger partial charge in [0.1, 0.15) is 6.54 Å². The number of aromatic nitrogens is 3. The summed E-state index contributed by atoms with van der Waals surface area (Å²) in [5, 5.41) is 12.6. The van der Waals surface area contributed by atoms with Gasteiger partial charge in [0, 0.05) is 20.6 Å². The molecule has 0 saturated carbocycles. The lowest BCUT2D eigenvalue weighted by Gasteiger charge is -2.08. The first-order valence-electron chi connectivity index (χ1n) is 5.18. The third kappa shape index (κ3) is 4.09. The molecule has 0 aliphatic carbocycles. The first-order valence-corrected chi connectivity index (χ1v) is 5.18. The van der Waals surface area contributed by atoms with E-state index in [0.717, 1.165) is 0 Å². The Kier molecular flexibility index (Phi) is 4.44. The highest BCUT2D eigenvalue weighted by Gasteiger charge is 2.08. The van der Waals surface area contributed by atoms with Gasteiger partial charge >= 0.3 is 6.03 Å². The number of anilines is 1. The van der Waals surface area contributed by atoms with E-state index in [9.17, 15) is 9.59 Å². The zero-order valence-corrected chi connectivity index (χ0v) is 10.1. The van der Waals surface area contributed by atoms with Crippen LogP contribution in [0.3, 0.4) is 0 Å². The molecule has 8 nitrogen and oxygen atoms in total. The molecule has 0 bridgehead atoms. The number of carbonyl (C=O) groups excluding carboxylic acids is 2. The van der Waals surface area contributed by atoms with Crippen LogP contribution in [0.1, 0.15) is 6.92 Å². The number of amides is 3. The molecule has 3 amide bonds. The van der Waals surface area contributed by atoms with Gasteiger partial charge < -0.3 is 10.2 Å². The topological polar surface area (TPSA) is 92.2 Å². The molecule has 94 valence electrons. The molecule has 1 heterocycles. The van der Waals surface area contributed by atoms with Gasteiger partial charge in [-0.2, -0.15) is 0 Å². The molecule has 0 radical (unpaired) electrons. The van der Waals surface area contributed by atoms with Gasteiger partial charge in [0.05, 0.1) is 6.20 Å². The van der Waals surface area contributed by atoms with Crippen LogP contribution >= 0.6 is 0 Å². The van der Waals surface area contributed by atoms with Crippen molar-refractivity contribution >= 4 is 17.8 Å². The number of carbonyl (C=O) groups is 2. The van der Waals surface area contributed by atoms with E-state index >= 15 is 0 Å². The molecule has 0 unspecified atom stereocenters. The number of hydrogen-bond donors (Lipinski definition) is 2. The molecule has 2 N–H and O–H groups in total. The average Bonchev–Trinajstić information content (AvgIpc) is 2.65. The summed E-state index contributed by atoms with van der Waals surface area (Å²) in [5.74, 6) is 0.163. The normalized spacial score (nSPS) is 9.82. The van der Waals surface area contributed by atoms with Crippen molar-refractivity contribution in [3.05, 3.63) is 6.20 Å². The second kappa shape index (κ2) is 5.83. The predicted octanol–water partition coefficient (Wildman–Crippen LogP) is -0.492. The van der Waals surface area contributed by atoms with Crippen LogP contribution in [0.5, 0.6) is 0 Å². The van der Waals surface area contributed by atoms with E-state index in [-0.39, 0.29) is 18.5 Å². The van der Waals surface area contributed by atoms with Crippen molar-refractivity contribution in [2.24, 2.45) is 0 Å². The van der Waals surface area contributed by atoms with Gasteiger partial charge in [0.15, 0.2) is 5.82 Å². The Balaban J connectivity index is 2.53. The fraction of sp³-hybridized carbons (Fsp3) is 0.556. The maximum absolute atomic E-state index is 11.3. The molecule has 1 aromatic rings. The molecule has 0 spiro atoms. The first-order chi connectivity index (χ1) is 8.02. The number of hydrogen-bond acceptors (Lipinski definition) is 4. The van der Waals surface area contributed by atoms with Gasteiger partial charge in [-0.15, -0.1) is 5.10 Å². The van der Waals surface area contributed by atoms with Crippen LogP contribution < -0.4 is 10.6 Å². The van der Waals surface area contributed by atoms with Crippen LogP contribution in [0.25, 0.3) is 0 Å². The molecule has 0 aromatic carbocycles. The zero-order chi connectivity index (χ0) is 12.8. The van der Waals surface area contributed by atoms with Crippen molar-refractivity contribution in [3.63, 3.8) is 0 Å². The minimum absolute atomic E-state index is 0.0820. The van der Waals surface area contributed by atoms with E-state index in [1.54, 1.807) is 14.1 Å². The zero-order valence-electron chi connectivity index (χ0n) is 10.1. The summed E-state index contributed by atoms with van der Waals surface area (Å²) >= 11 is 0. The number of urea groups is 1. The summed E-state index contributed by atoms with van der Waals surface area (Å²) < 4.78 is 1.36. The van der Waals surface area contributed by atoms with Gasteiger partial charge in [-0.1, -0.05) is 5.21 Å². The third-order valence-corrected chi connectivity index (χ3v) is 1.86. The number of nitrogens with zero attached hydrogens (tertiary/aromatic N) is 4. The van der Waals surface area contributed by atoms with Gasteiger partial charge in [0.25, 0.3) is 0 Å². The van der Waals surface area contributed by atoms with Crippen LogP contribution in [-0.4, -0.2) is 52.5 Å². The van der Waals surface area contributed by atoms with E-state index in [1.165, 1.54) is 15.8 Å². The molecule has 8 heteroatoms. The fourth-order valence-corrected chi connectivity index (χ4v) is 1.05. The molecule has 0 saturated heterocycles. The standard InChI is InChI=1S/C9H16N6O2/c1-4-10-8(16)6-15-5-7(12-13-15)11-9(17)14(2)3/h5H,4,6H2,1-3H3,(H,10,16)(H,11,17). The predicted molar refractivity (Wildman–Crippen MR) is 61.4 cm³/mol. The minimum Gasteiger partial charge on any atom is -0.355 e. The summed E-state index contributed by atoms with van der Waals surface area (Å²) in [6, 6.07) is -0.296. The van der Waals surface area contributed by atoms with Crippen molar-refractivity contribution in [2.75, 3.05) is 26.0 Å². The second-order valence-corrected chi connectivity index (χ2v) is 3.58. The van der Waals surface area contributed by atoms with E-state index in [2.05, 4.69) is 20.9 Å². The summed E-state index contributed by atoms with van der Waals surface area (Å²) in [6.45, 7) is 2.48. The van der Waals surface area contributed by atoms with Gasteiger partial charge in [-0.05, 0) is 6.92 Å². The minimum atomic E-state index is -0.296. The lowest BCUT2D eigenvalue weighted by atomic mass is 10.5. The highest BCUT2D eigenvalue weighted by atomic mass is 16.2. The van der Waals surface area contributed by atoms with Gasteiger partial charge in [-0.3, -0.25) is 10.1 Å². The van der Waals surface area contributed by atoms with Crippen LogP contribution in [0, 0.1) is 0 Å². The number of nitrogens with one attached hydrogen (secondary N) is 2. The Morgan fingerprint density at radius 3 is 2.76 bits per heavy atom. The van der Waals surface area contributed by atoms with Crippen molar-refractivity contribution in [1.82, 2.24) is 25.2 Å². The third-order valence-electron chi connectivity index (χ3n) is 1.86. The molecule has 17 heavy (non-hydrogen) atoms. The maximum Gasteiger partial charge on any atom is 0.322 e. The largest absolute Gasteiger partial charge is 0.355 e. The van der Waals surface area contributed by atoms with E-state index < -0.39 is 0 Å². The van der Waals surface area contributed by atoms with E-state index in [1.807, 2.05) is 6.92 Å². The summed E-state index contributed by atoms with van der Waals surface area (Å²) in [7, 11) is 3.24.